The predicted molar refractivity (Wildman–Crippen MR) is 88.5 cm³/mol. The van der Waals surface area contributed by atoms with Crippen LogP contribution in [0.5, 0.6) is 0 Å². The van der Waals surface area contributed by atoms with Gasteiger partial charge in [0.1, 0.15) is 6.07 Å². The number of para-hydroxylation sites is 1. The molecule has 0 aliphatic heterocycles. The van der Waals surface area contributed by atoms with Gasteiger partial charge in [-0.2, -0.15) is 5.26 Å². The van der Waals surface area contributed by atoms with Crippen molar-refractivity contribution in [1.82, 2.24) is 4.90 Å². The Morgan fingerprint density at radius 1 is 1.32 bits per heavy atom. The number of nitrogens with one attached hydrogen (secondary N) is 1. The highest BCUT2D eigenvalue weighted by atomic mass is 16.1. The Morgan fingerprint density at radius 3 is 2.77 bits per heavy atom. The van der Waals surface area contributed by atoms with E-state index in [1.54, 1.807) is 18.2 Å². The first kappa shape index (κ1) is 16.5. The molecule has 0 bridgehead atoms. The van der Waals surface area contributed by atoms with Crippen LogP contribution in [0.4, 0.5) is 5.69 Å². The molecule has 0 aromatic heterocycles. The van der Waals surface area contributed by atoms with E-state index in [2.05, 4.69) is 23.3 Å². The first-order valence-corrected chi connectivity index (χ1v) is 8.20. The molecule has 0 unspecified atom stereocenters. The third-order valence-corrected chi connectivity index (χ3v) is 4.43. The smallest absolute Gasteiger partial charge is 0.224 e. The SMILES string of the molecule is CN(CCCC(=O)Nc1ccccc1C#N)C1CCCCC1. The Bertz CT molecular complexity index is 529. The highest BCUT2D eigenvalue weighted by Gasteiger charge is 2.17. The molecule has 1 saturated carbocycles. The molecular weight excluding hydrogens is 274 g/mol. The van der Waals surface area contributed by atoms with E-state index in [0.29, 0.717) is 23.7 Å². The zero-order valence-corrected chi connectivity index (χ0v) is 13.3. The number of hydrogen-bond donors (Lipinski definition) is 1. The van der Waals surface area contributed by atoms with Crippen molar-refractivity contribution in [1.29, 1.82) is 5.26 Å². The summed E-state index contributed by atoms with van der Waals surface area (Å²) < 4.78 is 0. The largest absolute Gasteiger partial charge is 0.325 e. The number of nitriles is 1. The normalized spacial score (nSPS) is 15.5. The second kappa shape index (κ2) is 8.55. The summed E-state index contributed by atoms with van der Waals surface area (Å²) in [6.45, 7) is 0.956. The van der Waals surface area contributed by atoms with Crippen LogP contribution in [0.3, 0.4) is 0 Å². The molecular formula is C18H25N3O. The Balaban J connectivity index is 1.72. The predicted octanol–water partition coefficient (Wildman–Crippen LogP) is 3.54. The molecule has 4 heteroatoms. The maximum atomic E-state index is 12.0. The van der Waals surface area contributed by atoms with Crippen LogP contribution in [0.1, 0.15) is 50.5 Å². The van der Waals surface area contributed by atoms with Gasteiger partial charge < -0.3 is 10.2 Å². The van der Waals surface area contributed by atoms with Gasteiger partial charge >= 0.3 is 0 Å². The van der Waals surface area contributed by atoms with Gasteiger partial charge in [-0.15, -0.1) is 0 Å². The number of hydrogen-bond acceptors (Lipinski definition) is 3. The highest BCUT2D eigenvalue weighted by molar-refractivity contribution is 5.92. The lowest BCUT2D eigenvalue weighted by molar-refractivity contribution is -0.116. The van der Waals surface area contributed by atoms with Crippen LogP contribution in [-0.4, -0.2) is 30.4 Å². The van der Waals surface area contributed by atoms with Crippen LogP contribution in [0.25, 0.3) is 0 Å². The number of benzene rings is 1. The quantitative estimate of drug-likeness (QED) is 0.874. The number of carbonyl (C=O) groups excluding carboxylic acids is 1. The molecule has 0 spiro atoms. The molecule has 2 rings (SSSR count). The fourth-order valence-electron chi connectivity index (χ4n) is 3.10. The van der Waals surface area contributed by atoms with E-state index in [-0.39, 0.29) is 5.91 Å². The Hall–Kier alpha value is -1.86. The number of rotatable bonds is 6. The average Bonchev–Trinajstić information content (AvgIpc) is 2.56. The maximum absolute atomic E-state index is 12.0. The molecule has 1 aliphatic carbocycles. The number of nitrogens with zero attached hydrogens (tertiary/aromatic N) is 2. The lowest BCUT2D eigenvalue weighted by atomic mass is 9.94. The third-order valence-electron chi connectivity index (χ3n) is 4.43. The van der Waals surface area contributed by atoms with Gasteiger partial charge in [0.25, 0.3) is 0 Å². The standard InChI is InChI=1S/C18H25N3O/c1-21(16-9-3-2-4-10-16)13-7-12-18(22)20-17-11-6-5-8-15(17)14-19/h5-6,8,11,16H,2-4,7,9-10,12-13H2,1H3,(H,20,22). The van der Waals surface area contributed by atoms with Crippen LogP contribution < -0.4 is 5.32 Å². The maximum Gasteiger partial charge on any atom is 0.224 e. The molecule has 1 aromatic carbocycles. The van der Waals surface area contributed by atoms with Gasteiger partial charge in [-0.05, 0) is 45.0 Å². The molecule has 1 aliphatic rings. The lowest BCUT2D eigenvalue weighted by Crippen LogP contribution is -2.34. The summed E-state index contributed by atoms with van der Waals surface area (Å²) in [5.41, 5.74) is 1.12. The van der Waals surface area contributed by atoms with Crippen LogP contribution in [0.2, 0.25) is 0 Å². The van der Waals surface area contributed by atoms with Crippen molar-refractivity contribution in [3.63, 3.8) is 0 Å². The second-order valence-corrected chi connectivity index (χ2v) is 6.08. The topological polar surface area (TPSA) is 56.1 Å². The monoisotopic (exact) mass is 299 g/mol. The van der Waals surface area contributed by atoms with E-state index >= 15 is 0 Å². The number of amides is 1. The molecule has 1 aromatic rings. The van der Waals surface area contributed by atoms with Crippen molar-refractivity contribution in [3.05, 3.63) is 29.8 Å². The molecule has 1 amide bonds. The fraction of sp³-hybridized carbons (Fsp3) is 0.556. The van der Waals surface area contributed by atoms with E-state index in [1.807, 2.05) is 6.07 Å². The van der Waals surface area contributed by atoms with E-state index < -0.39 is 0 Å². The minimum absolute atomic E-state index is 0.0141. The van der Waals surface area contributed by atoms with E-state index in [0.717, 1.165) is 13.0 Å². The summed E-state index contributed by atoms with van der Waals surface area (Å²) in [5, 5.41) is 11.9. The average molecular weight is 299 g/mol. The van der Waals surface area contributed by atoms with Gasteiger partial charge in [-0.1, -0.05) is 31.4 Å². The fourth-order valence-corrected chi connectivity index (χ4v) is 3.10. The molecule has 0 heterocycles. The van der Waals surface area contributed by atoms with Crippen molar-refractivity contribution in [2.24, 2.45) is 0 Å². The summed E-state index contributed by atoms with van der Waals surface area (Å²) in [5.74, 6) is -0.0141. The number of anilines is 1. The third kappa shape index (κ3) is 4.85. The zero-order chi connectivity index (χ0) is 15.8. The van der Waals surface area contributed by atoms with Crippen molar-refractivity contribution in [2.45, 2.75) is 51.0 Å². The molecule has 0 radical (unpaired) electrons. The van der Waals surface area contributed by atoms with Gasteiger partial charge in [0, 0.05) is 12.5 Å². The Kier molecular flexibility index (Phi) is 6.42. The van der Waals surface area contributed by atoms with Gasteiger partial charge in [-0.3, -0.25) is 4.79 Å². The lowest BCUT2D eigenvalue weighted by Gasteiger charge is -2.31. The van der Waals surface area contributed by atoms with E-state index in [4.69, 9.17) is 5.26 Å². The van der Waals surface area contributed by atoms with E-state index in [1.165, 1.54) is 32.1 Å². The summed E-state index contributed by atoms with van der Waals surface area (Å²) in [7, 11) is 2.17. The van der Waals surface area contributed by atoms with Gasteiger partial charge in [0.05, 0.1) is 11.3 Å². The molecule has 118 valence electrons. The first-order valence-electron chi connectivity index (χ1n) is 8.20. The van der Waals surface area contributed by atoms with Gasteiger partial charge in [0.15, 0.2) is 0 Å². The summed E-state index contributed by atoms with van der Waals surface area (Å²) in [6, 6.07) is 9.90. The van der Waals surface area contributed by atoms with Crippen LogP contribution in [0.15, 0.2) is 24.3 Å². The van der Waals surface area contributed by atoms with Gasteiger partial charge in [0.2, 0.25) is 5.91 Å². The molecule has 1 fully saturated rings. The summed E-state index contributed by atoms with van der Waals surface area (Å²) in [4.78, 5) is 14.4. The Labute approximate surface area is 133 Å². The summed E-state index contributed by atoms with van der Waals surface area (Å²) >= 11 is 0. The minimum Gasteiger partial charge on any atom is -0.325 e. The van der Waals surface area contributed by atoms with Crippen LogP contribution in [0, 0.1) is 11.3 Å². The molecule has 0 atom stereocenters. The second-order valence-electron chi connectivity index (χ2n) is 6.08. The molecule has 0 saturated heterocycles. The van der Waals surface area contributed by atoms with E-state index in [9.17, 15) is 4.79 Å². The van der Waals surface area contributed by atoms with Crippen molar-refractivity contribution in [2.75, 3.05) is 18.9 Å². The molecule has 1 N–H and O–H groups in total. The highest BCUT2D eigenvalue weighted by Crippen LogP contribution is 2.21. The zero-order valence-electron chi connectivity index (χ0n) is 13.3. The van der Waals surface area contributed by atoms with Crippen molar-refractivity contribution in [3.8, 4) is 6.07 Å². The minimum atomic E-state index is -0.0141. The molecule has 4 nitrogen and oxygen atoms in total. The first-order chi connectivity index (χ1) is 10.7. The van der Waals surface area contributed by atoms with Crippen LogP contribution in [-0.2, 0) is 4.79 Å². The molecule has 22 heavy (non-hydrogen) atoms. The van der Waals surface area contributed by atoms with Crippen LogP contribution >= 0.6 is 0 Å². The van der Waals surface area contributed by atoms with Gasteiger partial charge in [-0.25, -0.2) is 0 Å². The van der Waals surface area contributed by atoms with Crippen molar-refractivity contribution < 1.29 is 4.79 Å². The Morgan fingerprint density at radius 2 is 2.05 bits per heavy atom. The number of carbonyl (C=O) groups is 1. The van der Waals surface area contributed by atoms with Crippen molar-refractivity contribution >= 4 is 11.6 Å². The summed E-state index contributed by atoms with van der Waals surface area (Å²) in [6.07, 6.45) is 7.97.